The number of aromatic nitrogens is 3. The molecule has 1 saturated heterocycles. The highest BCUT2D eigenvalue weighted by Crippen LogP contribution is 2.31. The Labute approximate surface area is 165 Å². The van der Waals surface area contributed by atoms with E-state index in [9.17, 15) is 18.0 Å². The van der Waals surface area contributed by atoms with Crippen molar-refractivity contribution in [3.8, 4) is 0 Å². The number of hydrogen-bond donors (Lipinski definition) is 1. The third-order valence-corrected chi connectivity index (χ3v) is 5.13. The van der Waals surface area contributed by atoms with Gasteiger partial charge in [0, 0.05) is 17.8 Å². The number of alkyl halides is 3. The van der Waals surface area contributed by atoms with Crippen LogP contribution in [-0.4, -0.2) is 45.0 Å². The molecule has 0 unspecified atom stereocenters. The number of halogens is 3. The van der Waals surface area contributed by atoms with Gasteiger partial charge in [-0.2, -0.15) is 13.2 Å². The molecule has 0 spiro atoms. The van der Waals surface area contributed by atoms with E-state index in [4.69, 9.17) is 0 Å². The van der Waals surface area contributed by atoms with E-state index in [0.717, 1.165) is 36.4 Å². The van der Waals surface area contributed by atoms with Crippen LogP contribution in [0.4, 0.5) is 18.9 Å². The first-order chi connectivity index (χ1) is 13.9. The molecule has 0 bridgehead atoms. The molecule has 29 heavy (non-hydrogen) atoms. The molecule has 1 aliphatic rings. The van der Waals surface area contributed by atoms with Crippen LogP contribution in [0.3, 0.4) is 0 Å². The predicted octanol–water partition coefficient (Wildman–Crippen LogP) is 3.57. The van der Waals surface area contributed by atoms with E-state index in [1.165, 1.54) is 12.1 Å². The molecule has 9 heteroatoms. The van der Waals surface area contributed by atoms with E-state index in [-0.39, 0.29) is 24.1 Å². The summed E-state index contributed by atoms with van der Waals surface area (Å²) >= 11 is 0. The van der Waals surface area contributed by atoms with Gasteiger partial charge in [0.2, 0.25) is 5.91 Å². The molecule has 0 saturated carbocycles. The van der Waals surface area contributed by atoms with E-state index in [1.807, 2.05) is 33.7 Å². The zero-order valence-corrected chi connectivity index (χ0v) is 15.6. The molecule has 1 amide bonds. The number of nitrogens with one attached hydrogen (secondary N) is 1. The Kier molecular flexibility index (Phi) is 5.23. The van der Waals surface area contributed by atoms with E-state index < -0.39 is 11.7 Å². The Bertz CT molecular complexity index is 1010. The second-order valence-electron chi connectivity index (χ2n) is 7.16. The summed E-state index contributed by atoms with van der Waals surface area (Å²) in [5.41, 5.74) is 0.177. The molecule has 4 rings (SSSR count). The van der Waals surface area contributed by atoms with E-state index in [1.54, 1.807) is 0 Å². The van der Waals surface area contributed by atoms with Crippen molar-refractivity contribution in [2.75, 3.05) is 25.0 Å². The Morgan fingerprint density at radius 2 is 1.90 bits per heavy atom. The summed E-state index contributed by atoms with van der Waals surface area (Å²) in [4.78, 5) is 14.3. The molecule has 0 aliphatic carbocycles. The zero-order chi connectivity index (χ0) is 20.4. The number of benzene rings is 1. The number of anilines is 1. The van der Waals surface area contributed by atoms with Crippen molar-refractivity contribution >= 4 is 17.2 Å². The standard InChI is InChI=1S/C20H20F3N5O/c21-20(22,23)15-4-3-5-16(12-15)24-18(29)13-27-10-7-14(8-11-27)19-26-25-17-6-1-2-9-28(17)19/h1-6,9,12,14H,7-8,10-11,13H2,(H,24,29). The minimum Gasteiger partial charge on any atom is -0.325 e. The van der Waals surface area contributed by atoms with Crippen molar-refractivity contribution in [2.24, 2.45) is 0 Å². The number of nitrogens with zero attached hydrogens (tertiary/aromatic N) is 4. The Morgan fingerprint density at radius 1 is 1.10 bits per heavy atom. The fourth-order valence-electron chi connectivity index (χ4n) is 3.66. The second kappa shape index (κ2) is 7.82. The van der Waals surface area contributed by atoms with Crippen LogP contribution in [0.5, 0.6) is 0 Å². The molecule has 0 atom stereocenters. The van der Waals surface area contributed by atoms with Crippen LogP contribution < -0.4 is 5.32 Å². The highest BCUT2D eigenvalue weighted by atomic mass is 19.4. The summed E-state index contributed by atoms with van der Waals surface area (Å²) in [6.45, 7) is 1.56. The SMILES string of the molecule is O=C(CN1CCC(c2nnc3ccccn23)CC1)Nc1cccc(C(F)(F)F)c1. The zero-order valence-electron chi connectivity index (χ0n) is 15.6. The fraction of sp³-hybridized carbons (Fsp3) is 0.350. The minimum atomic E-state index is -4.44. The summed E-state index contributed by atoms with van der Waals surface area (Å²) in [5, 5.41) is 11.1. The maximum atomic E-state index is 12.8. The average molecular weight is 403 g/mol. The van der Waals surface area contributed by atoms with Crippen molar-refractivity contribution in [3.63, 3.8) is 0 Å². The van der Waals surface area contributed by atoms with Crippen LogP contribution in [0.25, 0.3) is 5.65 Å². The molecule has 3 heterocycles. The quantitative estimate of drug-likeness (QED) is 0.724. The lowest BCUT2D eigenvalue weighted by Gasteiger charge is -2.30. The molecule has 6 nitrogen and oxygen atoms in total. The maximum absolute atomic E-state index is 12.8. The van der Waals surface area contributed by atoms with Gasteiger partial charge in [0.25, 0.3) is 0 Å². The molecule has 2 aromatic heterocycles. The summed E-state index contributed by atoms with van der Waals surface area (Å²) in [6, 6.07) is 10.4. The van der Waals surface area contributed by atoms with Crippen LogP contribution in [0.2, 0.25) is 0 Å². The molecule has 1 aliphatic heterocycles. The number of pyridine rings is 1. The largest absolute Gasteiger partial charge is 0.416 e. The van der Waals surface area contributed by atoms with Gasteiger partial charge in [0.05, 0.1) is 12.1 Å². The van der Waals surface area contributed by atoms with E-state index in [2.05, 4.69) is 15.5 Å². The molecule has 0 radical (unpaired) electrons. The molecular formula is C20H20F3N5O. The normalized spacial score (nSPS) is 16.2. The number of likely N-dealkylation sites (tertiary alicyclic amines) is 1. The van der Waals surface area contributed by atoms with Crippen LogP contribution in [0, 0.1) is 0 Å². The van der Waals surface area contributed by atoms with Crippen molar-refractivity contribution in [1.82, 2.24) is 19.5 Å². The van der Waals surface area contributed by atoms with Crippen LogP contribution in [0.1, 0.15) is 30.1 Å². The lowest BCUT2D eigenvalue weighted by Crippen LogP contribution is -2.39. The minimum absolute atomic E-state index is 0.142. The number of fused-ring (bicyclic) bond motifs is 1. The van der Waals surface area contributed by atoms with Crippen molar-refractivity contribution < 1.29 is 18.0 Å². The molecule has 152 valence electrons. The summed E-state index contributed by atoms with van der Waals surface area (Å²) in [7, 11) is 0. The van der Waals surface area contributed by atoms with Crippen molar-refractivity contribution in [3.05, 3.63) is 60.0 Å². The van der Waals surface area contributed by atoms with Gasteiger partial charge in [-0.15, -0.1) is 10.2 Å². The molecule has 3 aromatic rings. The van der Waals surface area contributed by atoms with Crippen molar-refractivity contribution in [2.45, 2.75) is 24.9 Å². The van der Waals surface area contributed by atoms with Crippen LogP contribution >= 0.6 is 0 Å². The van der Waals surface area contributed by atoms with E-state index in [0.29, 0.717) is 13.1 Å². The van der Waals surface area contributed by atoms with Gasteiger partial charge in [-0.05, 0) is 56.3 Å². The van der Waals surface area contributed by atoms with Crippen LogP contribution in [0.15, 0.2) is 48.7 Å². The maximum Gasteiger partial charge on any atom is 0.416 e. The second-order valence-corrected chi connectivity index (χ2v) is 7.16. The first-order valence-electron chi connectivity index (χ1n) is 9.39. The van der Waals surface area contributed by atoms with Gasteiger partial charge < -0.3 is 5.32 Å². The number of carbonyl (C=O) groups excluding carboxylic acids is 1. The predicted molar refractivity (Wildman–Crippen MR) is 101 cm³/mol. The Hall–Kier alpha value is -2.94. The number of rotatable bonds is 4. The number of hydrogen-bond acceptors (Lipinski definition) is 4. The third-order valence-electron chi connectivity index (χ3n) is 5.13. The van der Waals surface area contributed by atoms with Gasteiger partial charge in [0.15, 0.2) is 5.65 Å². The average Bonchev–Trinajstić information content (AvgIpc) is 3.12. The summed E-state index contributed by atoms with van der Waals surface area (Å²) < 4.78 is 40.4. The molecule has 1 N–H and O–H groups in total. The van der Waals surface area contributed by atoms with Gasteiger partial charge in [-0.1, -0.05) is 12.1 Å². The lowest BCUT2D eigenvalue weighted by atomic mass is 9.96. The Morgan fingerprint density at radius 3 is 2.66 bits per heavy atom. The van der Waals surface area contributed by atoms with Gasteiger partial charge in [-0.25, -0.2) is 0 Å². The lowest BCUT2D eigenvalue weighted by molar-refractivity contribution is -0.137. The fourth-order valence-corrected chi connectivity index (χ4v) is 3.66. The smallest absolute Gasteiger partial charge is 0.325 e. The molecule has 1 aromatic carbocycles. The monoisotopic (exact) mass is 403 g/mol. The van der Waals surface area contributed by atoms with Gasteiger partial charge >= 0.3 is 6.18 Å². The third kappa shape index (κ3) is 4.40. The number of amides is 1. The molecule has 1 fully saturated rings. The molecular weight excluding hydrogens is 383 g/mol. The summed E-state index contributed by atoms with van der Waals surface area (Å²) in [5.74, 6) is 0.861. The highest BCUT2D eigenvalue weighted by Gasteiger charge is 2.30. The highest BCUT2D eigenvalue weighted by molar-refractivity contribution is 5.92. The first kappa shape index (κ1) is 19.4. The topological polar surface area (TPSA) is 62.5 Å². The summed E-state index contributed by atoms with van der Waals surface area (Å²) in [6.07, 6.45) is -0.812. The number of carbonyl (C=O) groups is 1. The Balaban J connectivity index is 1.32. The van der Waals surface area contributed by atoms with Crippen molar-refractivity contribution in [1.29, 1.82) is 0 Å². The first-order valence-corrected chi connectivity index (χ1v) is 9.39. The number of piperidine rings is 1. The van der Waals surface area contributed by atoms with E-state index >= 15 is 0 Å². The van der Waals surface area contributed by atoms with Gasteiger partial charge in [-0.3, -0.25) is 14.1 Å². The van der Waals surface area contributed by atoms with Gasteiger partial charge in [0.1, 0.15) is 5.82 Å². The van der Waals surface area contributed by atoms with Crippen LogP contribution in [-0.2, 0) is 11.0 Å².